The van der Waals surface area contributed by atoms with Gasteiger partial charge in [0.1, 0.15) is 0 Å². The topological polar surface area (TPSA) is 54.9 Å². The molecule has 0 aromatic heterocycles. The van der Waals surface area contributed by atoms with Crippen LogP contribution in [0.2, 0.25) is 0 Å². The molecule has 0 amide bonds. The van der Waals surface area contributed by atoms with Crippen LogP contribution in [0.3, 0.4) is 0 Å². The summed E-state index contributed by atoms with van der Waals surface area (Å²) in [5.41, 5.74) is 2.54. The van der Waals surface area contributed by atoms with E-state index in [0.717, 1.165) is 51.7 Å². The van der Waals surface area contributed by atoms with E-state index in [1.54, 1.807) is 0 Å². The normalized spacial score (nSPS) is 17.9. The zero-order valence-corrected chi connectivity index (χ0v) is 15.0. The van der Waals surface area contributed by atoms with Crippen LogP contribution in [0.1, 0.15) is 37.3 Å². The Hall–Kier alpha value is -1.59. The molecule has 0 saturated carbocycles. The van der Waals surface area contributed by atoms with E-state index < -0.39 is 0 Å². The highest BCUT2D eigenvalue weighted by Crippen LogP contribution is 2.11. The van der Waals surface area contributed by atoms with Crippen LogP contribution in [0.15, 0.2) is 29.3 Å². The summed E-state index contributed by atoms with van der Waals surface area (Å²) in [6.45, 7) is 8.97. The molecule has 0 bridgehead atoms. The number of nitrogens with one attached hydrogen (secondary N) is 2. The van der Waals surface area contributed by atoms with Gasteiger partial charge in [-0.15, -0.1) is 0 Å². The number of ether oxygens (including phenoxy) is 2. The summed E-state index contributed by atoms with van der Waals surface area (Å²) in [6, 6.07) is 8.37. The predicted octanol–water partition coefficient (Wildman–Crippen LogP) is 2.64. The fourth-order valence-corrected chi connectivity index (χ4v) is 2.67. The lowest BCUT2D eigenvalue weighted by Crippen LogP contribution is -2.38. The van der Waals surface area contributed by atoms with E-state index in [2.05, 4.69) is 53.7 Å². The molecule has 5 heteroatoms. The van der Waals surface area contributed by atoms with Gasteiger partial charge in [-0.25, -0.2) is 4.99 Å². The van der Waals surface area contributed by atoms with Crippen molar-refractivity contribution in [1.82, 2.24) is 10.6 Å². The maximum Gasteiger partial charge on any atom is 0.191 e. The largest absolute Gasteiger partial charge is 0.379 e. The Kier molecular flexibility index (Phi) is 8.63. The van der Waals surface area contributed by atoms with Crippen LogP contribution in [0.4, 0.5) is 0 Å². The first kappa shape index (κ1) is 18.7. The molecule has 134 valence electrons. The molecule has 1 heterocycles. The Balaban J connectivity index is 1.64. The van der Waals surface area contributed by atoms with Gasteiger partial charge < -0.3 is 20.1 Å². The Morgan fingerprint density at radius 2 is 2.21 bits per heavy atom. The van der Waals surface area contributed by atoms with E-state index in [1.807, 2.05) is 0 Å². The van der Waals surface area contributed by atoms with Crippen molar-refractivity contribution in [2.45, 2.75) is 45.8 Å². The summed E-state index contributed by atoms with van der Waals surface area (Å²) in [5.74, 6) is 0.861. The Bertz CT molecular complexity index is 499. The van der Waals surface area contributed by atoms with Crippen LogP contribution in [0.5, 0.6) is 0 Å². The van der Waals surface area contributed by atoms with E-state index in [4.69, 9.17) is 9.47 Å². The second kappa shape index (κ2) is 11.0. The molecule has 1 saturated heterocycles. The highest BCUT2D eigenvalue weighted by molar-refractivity contribution is 5.79. The molecule has 1 fully saturated rings. The monoisotopic (exact) mass is 333 g/mol. The fourth-order valence-electron chi connectivity index (χ4n) is 2.67. The molecule has 2 N–H and O–H groups in total. The zero-order valence-electron chi connectivity index (χ0n) is 15.0. The predicted molar refractivity (Wildman–Crippen MR) is 98.4 cm³/mol. The molecule has 5 nitrogen and oxygen atoms in total. The summed E-state index contributed by atoms with van der Waals surface area (Å²) in [6.07, 6.45) is 3.57. The number of hydrogen-bond acceptors (Lipinski definition) is 3. The van der Waals surface area contributed by atoms with Crippen LogP contribution >= 0.6 is 0 Å². The molecule has 1 aromatic carbocycles. The highest BCUT2D eigenvalue weighted by Gasteiger charge is 2.14. The molecule has 24 heavy (non-hydrogen) atoms. The SMILES string of the molecule is CCNC(=NCc1ccccc1C)NCCCOCC1CCCO1. The van der Waals surface area contributed by atoms with Crippen molar-refractivity contribution in [3.05, 3.63) is 35.4 Å². The minimum Gasteiger partial charge on any atom is -0.379 e. The summed E-state index contributed by atoms with van der Waals surface area (Å²) < 4.78 is 11.2. The lowest BCUT2D eigenvalue weighted by Gasteiger charge is -2.13. The third-order valence-corrected chi connectivity index (χ3v) is 4.10. The first-order chi connectivity index (χ1) is 11.8. The van der Waals surface area contributed by atoms with E-state index in [1.165, 1.54) is 17.5 Å². The number of guanidine groups is 1. The molecule has 0 spiro atoms. The van der Waals surface area contributed by atoms with Crippen molar-refractivity contribution in [3.63, 3.8) is 0 Å². The maximum atomic E-state index is 5.68. The molecule has 0 radical (unpaired) electrons. The smallest absolute Gasteiger partial charge is 0.191 e. The lowest BCUT2D eigenvalue weighted by molar-refractivity contribution is 0.0168. The van der Waals surface area contributed by atoms with Crippen molar-refractivity contribution in [1.29, 1.82) is 0 Å². The Labute approximate surface area is 145 Å². The Morgan fingerprint density at radius 1 is 1.33 bits per heavy atom. The number of hydrogen-bond donors (Lipinski definition) is 2. The van der Waals surface area contributed by atoms with Crippen LogP contribution in [0, 0.1) is 6.92 Å². The van der Waals surface area contributed by atoms with Crippen LogP contribution in [-0.2, 0) is 16.0 Å². The summed E-state index contributed by atoms with van der Waals surface area (Å²) in [5, 5.41) is 6.65. The minimum absolute atomic E-state index is 0.311. The zero-order chi connectivity index (χ0) is 17.0. The molecule has 1 aliphatic heterocycles. The van der Waals surface area contributed by atoms with Crippen LogP contribution in [-0.4, -0.2) is 45.0 Å². The molecule has 0 aliphatic carbocycles. The number of aliphatic imine (C=N–C) groups is 1. The van der Waals surface area contributed by atoms with Gasteiger partial charge in [0.25, 0.3) is 0 Å². The summed E-state index contributed by atoms with van der Waals surface area (Å²) >= 11 is 0. The lowest BCUT2D eigenvalue weighted by atomic mass is 10.1. The van der Waals surface area contributed by atoms with Gasteiger partial charge in [-0.2, -0.15) is 0 Å². The van der Waals surface area contributed by atoms with Crippen LogP contribution < -0.4 is 10.6 Å². The van der Waals surface area contributed by atoms with Crippen LogP contribution in [0.25, 0.3) is 0 Å². The third kappa shape index (κ3) is 6.89. The van der Waals surface area contributed by atoms with Gasteiger partial charge in [-0.1, -0.05) is 24.3 Å². The second-order valence-corrected chi connectivity index (χ2v) is 6.11. The molecule has 1 aliphatic rings. The summed E-state index contributed by atoms with van der Waals surface area (Å²) in [4.78, 5) is 4.66. The molecule has 2 rings (SSSR count). The number of rotatable bonds is 9. The van der Waals surface area contributed by atoms with Gasteiger partial charge in [0.15, 0.2) is 5.96 Å². The van der Waals surface area contributed by atoms with Gasteiger partial charge in [0, 0.05) is 26.3 Å². The minimum atomic E-state index is 0.311. The van der Waals surface area contributed by atoms with Crippen molar-refractivity contribution in [2.24, 2.45) is 4.99 Å². The molecule has 1 atom stereocenters. The third-order valence-electron chi connectivity index (χ3n) is 4.10. The first-order valence-electron chi connectivity index (χ1n) is 9.05. The average molecular weight is 333 g/mol. The van der Waals surface area contributed by atoms with E-state index in [0.29, 0.717) is 12.6 Å². The quantitative estimate of drug-likeness (QED) is 0.414. The average Bonchev–Trinajstić information content (AvgIpc) is 3.10. The molecular formula is C19H31N3O2. The van der Waals surface area contributed by atoms with Crippen molar-refractivity contribution < 1.29 is 9.47 Å². The van der Waals surface area contributed by atoms with Gasteiger partial charge in [-0.3, -0.25) is 0 Å². The van der Waals surface area contributed by atoms with E-state index in [-0.39, 0.29) is 0 Å². The Morgan fingerprint density at radius 3 is 2.96 bits per heavy atom. The van der Waals surface area contributed by atoms with Crippen molar-refractivity contribution >= 4 is 5.96 Å². The van der Waals surface area contributed by atoms with Crippen molar-refractivity contribution in [3.8, 4) is 0 Å². The fraction of sp³-hybridized carbons (Fsp3) is 0.632. The summed E-state index contributed by atoms with van der Waals surface area (Å²) in [7, 11) is 0. The van der Waals surface area contributed by atoms with Gasteiger partial charge in [0.2, 0.25) is 0 Å². The van der Waals surface area contributed by atoms with Gasteiger partial charge in [-0.05, 0) is 44.2 Å². The number of aryl methyl sites for hydroxylation is 1. The maximum absolute atomic E-state index is 5.68. The number of benzene rings is 1. The van der Waals surface area contributed by atoms with Gasteiger partial charge >= 0.3 is 0 Å². The van der Waals surface area contributed by atoms with Gasteiger partial charge in [0.05, 0.1) is 19.3 Å². The first-order valence-corrected chi connectivity index (χ1v) is 9.05. The molecule has 1 unspecified atom stereocenters. The van der Waals surface area contributed by atoms with E-state index in [9.17, 15) is 0 Å². The molecule has 1 aromatic rings. The molecular weight excluding hydrogens is 302 g/mol. The van der Waals surface area contributed by atoms with Crippen molar-refractivity contribution in [2.75, 3.05) is 32.9 Å². The highest BCUT2D eigenvalue weighted by atomic mass is 16.5. The van der Waals surface area contributed by atoms with E-state index >= 15 is 0 Å². The second-order valence-electron chi connectivity index (χ2n) is 6.11. The standard InChI is InChI=1S/C19H31N3O2/c1-3-20-19(22-14-17-9-5-4-8-16(17)2)21-11-7-12-23-15-18-10-6-13-24-18/h4-5,8-9,18H,3,6-7,10-15H2,1-2H3,(H2,20,21,22). The number of nitrogens with zero attached hydrogens (tertiary/aromatic N) is 1.